The zero-order valence-electron chi connectivity index (χ0n) is 7.53. The van der Waals surface area contributed by atoms with Crippen molar-refractivity contribution in [2.24, 2.45) is 0 Å². The first-order valence-corrected chi connectivity index (χ1v) is 4.70. The highest BCUT2D eigenvalue weighted by Crippen LogP contribution is 2.16. The molecule has 0 radical (unpaired) electrons. The molecule has 0 fully saturated rings. The fourth-order valence-electron chi connectivity index (χ4n) is 0.790. The number of rotatable bonds is 2. The van der Waals surface area contributed by atoms with Gasteiger partial charge in [-0.05, 0) is 32.4 Å². The first kappa shape index (κ1) is 9.42. The monoisotopic (exact) mass is 183 g/mol. The molecule has 0 aliphatic heterocycles. The molecule has 0 aromatic carbocycles. The maximum absolute atomic E-state index is 9.20. The number of aliphatic hydroxyl groups excluding tert-OH is 1. The van der Waals surface area contributed by atoms with Crippen LogP contribution in [0.15, 0.2) is 11.8 Å². The number of hydrogen-bond acceptors (Lipinski definition) is 3. The summed E-state index contributed by atoms with van der Waals surface area (Å²) in [7, 11) is 0. The normalized spacial score (nSPS) is 14.8. The minimum absolute atomic E-state index is 0.368. The third kappa shape index (κ3) is 2.43. The number of aromatic nitrogens is 1. The topological polar surface area (TPSA) is 33.1 Å². The lowest BCUT2D eigenvalue weighted by Gasteiger charge is -2.01. The van der Waals surface area contributed by atoms with Crippen LogP contribution in [0.2, 0.25) is 0 Å². The molecule has 1 rings (SSSR count). The molecule has 1 N–H and O–H groups in total. The first-order chi connectivity index (χ1) is 5.59. The van der Waals surface area contributed by atoms with Crippen LogP contribution in [0.25, 0.3) is 6.08 Å². The van der Waals surface area contributed by atoms with Crippen LogP contribution in [0, 0.1) is 6.92 Å². The Hall–Kier alpha value is -0.670. The fourth-order valence-corrected chi connectivity index (χ4v) is 1.59. The smallest absolute Gasteiger partial charge is 0.0900 e. The summed E-state index contributed by atoms with van der Waals surface area (Å²) < 4.78 is 0. The summed E-state index contributed by atoms with van der Waals surface area (Å²) in [5.41, 5.74) is 0.971. The molecule has 1 unspecified atom stereocenters. The van der Waals surface area contributed by atoms with Gasteiger partial charge in [0.15, 0.2) is 0 Å². The van der Waals surface area contributed by atoms with E-state index in [1.54, 1.807) is 18.3 Å². The van der Waals surface area contributed by atoms with Crippen LogP contribution in [-0.2, 0) is 0 Å². The number of hydrogen-bond donors (Lipinski definition) is 1. The van der Waals surface area contributed by atoms with E-state index in [2.05, 4.69) is 4.98 Å². The third-order valence-corrected chi connectivity index (χ3v) is 2.53. The summed E-state index contributed by atoms with van der Waals surface area (Å²) in [6.45, 7) is 5.65. The molecule has 1 heterocycles. The number of aryl methyl sites for hydroxylation is 1. The molecular weight excluding hydrogens is 170 g/mol. The van der Waals surface area contributed by atoms with Crippen molar-refractivity contribution in [2.45, 2.75) is 26.9 Å². The molecule has 2 nitrogen and oxygen atoms in total. The van der Waals surface area contributed by atoms with Crippen LogP contribution in [0.4, 0.5) is 0 Å². The van der Waals surface area contributed by atoms with Gasteiger partial charge in [-0.3, -0.25) is 0 Å². The van der Waals surface area contributed by atoms with Gasteiger partial charge in [-0.15, -0.1) is 11.3 Å². The highest BCUT2D eigenvalue weighted by atomic mass is 32.1. The predicted molar refractivity (Wildman–Crippen MR) is 52.2 cm³/mol. The van der Waals surface area contributed by atoms with Crippen molar-refractivity contribution in [2.75, 3.05) is 0 Å². The van der Waals surface area contributed by atoms with Crippen molar-refractivity contribution >= 4 is 17.4 Å². The SMILES string of the molecule is C/C(=C\c1cnc(C)s1)C(C)O. The van der Waals surface area contributed by atoms with Crippen molar-refractivity contribution in [1.82, 2.24) is 4.98 Å². The van der Waals surface area contributed by atoms with Crippen LogP contribution in [0.5, 0.6) is 0 Å². The highest BCUT2D eigenvalue weighted by Gasteiger charge is 1.99. The molecule has 0 aliphatic carbocycles. The van der Waals surface area contributed by atoms with Crippen molar-refractivity contribution in [3.63, 3.8) is 0 Å². The van der Waals surface area contributed by atoms with Crippen molar-refractivity contribution in [3.8, 4) is 0 Å². The molecule has 3 heteroatoms. The van der Waals surface area contributed by atoms with Gasteiger partial charge >= 0.3 is 0 Å². The Morgan fingerprint density at radius 3 is 2.83 bits per heavy atom. The average molecular weight is 183 g/mol. The molecule has 1 aromatic heterocycles. The first-order valence-electron chi connectivity index (χ1n) is 3.88. The van der Waals surface area contributed by atoms with Crippen molar-refractivity contribution in [3.05, 3.63) is 21.7 Å². The standard InChI is InChI=1S/C9H13NOS/c1-6(7(2)11)4-9-5-10-8(3)12-9/h4-5,7,11H,1-3H3/b6-4+. The Balaban J connectivity index is 2.80. The maximum atomic E-state index is 9.20. The van der Waals surface area contributed by atoms with Gasteiger partial charge in [-0.1, -0.05) is 0 Å². The van der Waals surface area contributed by atoms with Gasteiger partial charge in [0.1, 0.15) is 0 Å². The van der Waals surface area contributed by atoms with Gasteiger partial charge in [0.2, 0.25) is 0 Å². The molecule has 66 valence electrons. The summed E-state index contributed by atoms with van der Waals surface area (Å²) in [4.78, 5) is 5.22. The molecule has 0 spiro atoms. The Labute approximate surface area is 76.6 Å². The Bertz CT molecular complexity index is 288. The molecule has 0 amide bonds. The van der Waals surface area contributed by atoms with Crippen LogP contribution < -0.4 is 0 Å². The molecule has 0 saturated heterocycles. The number of nitrogens with zero attached hydrogens (tertiary/aromatic N) is 1. The van der Waals surface area contributed by atoms with Gasteiger partial charge in [0, 0.05) is 11.1 Å². The Kier molecular flexibility index (Phi) is 3.00. The zero-order chi connectivity index (χ0) is 9.14. The van der Waals surface area contributed by atoms with Gasteiger partial charge in [0.05, 0.1) is 11.1 Å². The molecule has 1 aromatic rings. The van der Waals surface area contributed by atoms with Gasteiger partial charge in [0.25, 0.3) is 0 Å². The molecule has 1 atom stereocenters. The van der Waals surface area contributed by atoms with E-state index in [-0.39, 0.29) is 6.10 Å². The second-order valence-corrected chi connectivity index (χ2v) is 4.11. The fraction of sp³-hybridized carbons (Fsp3) is 0.444. The largest absolute Gasteiger partial charge is 0.389 e. The van der Waals surface area contributed by atoms with E-state index in [0.29, 0.717) is 0 Å². The Morgan fingerprint density at radius 1 is 1.75 bits per heavy atom. The summed E-state index contributed by atoms with van der Waals surface area (Å²) >= 11 is 1.63. The molecule has 0 aliphatic rings. The predicted octanol–water partition coefficient (Wildman–Crippen LogP) is 2.24. The van der Waals surface area contributed by atoms with Crippen LogP contribution in [-0.4, -0.2) is 16.2 Å². The van der Waals surface area contributed by atoms with Gasteiger partial charge in [-0.2, -0.15) is 0 Å². The molecule has 0 saturated carbocycles. The van der Waals surface area contributed by atoms with Crippen LogP contribution >= 0.6 is 11.3 Å². The average Bonchev–Trinajstić information content (AvgIpc) is 2.35. The highest BCUT2D eigenvalue weighted by molar-refractivity contribution is 7.12. The van der Waals surface area contributed by atoms with Crippen molar-refractivity contribution in [1.29, 1.82) is 0 Å². The van der Waals surface area contributed by atoms with E-state index in [1.807, 2.05) is 26.1 Å². The van der Waals surface area contributed by atoms with Crippen LogP contribution in [0.1, 0.15) is 23.7 Å². The van der Waals surface area contributed by atoms with E-state index in [0.717, 1.165) is 15.5 Å². The lowest BCUT2D eigenvalue weighted by molar-refractivity contribution is 0.232. The number of aliphatic hydroxyl groups is 1. The molecule has 0 bridgehead atoms. The third-order valence-electron chi connectivity index (χ3n) is 1.67. The number of thiazole rings is 1. The van der Waals surface area contributed by atoms with Gasteiger partial charge in [-0.25, -0.2) is 4.98 Å². The minimum atomic E-state index is -0.368. The Morgan fingerprint density at radius 2 is 2.42 bits per heavy atom. The van der Waals surface area contributed by atoms with Crippen LogP contribution in [0.3, 0.4) is 0 Å². The van der Waals surface area contributed by atoms with E-state index < -0.39 is 0 Å². The lowest BCUT2D eigenvalue weighted by atomic mass is 10.2. The van der Waals surface area contributed by atoms with E-state index in [4.69, 9.17) is 0 Å². The van der Waals surface area contributed by atoms with Gasteiger partial charge < -0.3 is 5.11 Å². The summed E-state index contributed by atoms with van der Waals surface area (Å²) in [5, 5.41) is 10.3. The van der Waals surface area contributed by atoms with Crippen molar-refractivity contribution < 1.29 is 5.11 Å². The zero-order valence-corrected chi connectivity index (χ0v) is 8.35. The van der Waals surface area contributed by atoms with E-state index in [9.17, 15) is 5.11 Å². The molecule has 12 heavy (non-hydrogen) atoms. The lowest BCUT2D eigenvalue weighted by Crippen LogP contribution is -1.99. The minimum Gasteiger partial charge on any atom is -0.389 e. The summed E-state index contributed by atoms with van der Waals surface area (Å²) in [5.74, 6) is 0. The second-order valence-electron chi connectivity index (χ2n) is 2.85. The van der Waals surface area contributed by atoms with E-state index >= 15 is 0 Å². The quantitative estimate of drug-likeness (QED) is 0.762. The van der Waals surface area contributed by atoms with E-state index in [1.165, 1.54) is 0 Å². The second kappa shape index (κ2) is 3.83. The molecular formula is C9H13NOS. The summed E-state index contributed by atoms with van der Waals surface area (Å²) in [6, 6.07) is 0. The summed E-state index contributed by atoms with van der Waals surface area (Å²) in [6.07, 6.45) is 3.42. The maximum Gasteiger partial charge on any atom is 0.0900 e.